The normalized spacial score (nSPS) is 11.1. The quantitative estimate of drug-likeness (QED) is 0.745. The Morgan fingerprint density at radius 2 is 2.12 bits per heavy atom. The molecule has 4 heteroatoms. The minimum atomic E-state index is -0.200. The molecule has 1 atom stereocenters. The standard InChI is InChI=1S/C12H13FNPS/c1-7(2)10-6-16-12(14-10)8-3-4-9(13)11(15)5-8/h3-7H,15H2,1-2H3. The second-order valence-electron chi connectivity index (χ2n) is 3.97. The summed E-state index contributed by atoms with van der Waals surface area (Å²) in [5.41, 5.74) is 2.07. The summed E-state index contributed by atoms with van der Waals surface area (Å²) in [6.45, 7) is 4.23. The highest BCUT2D eigenvalue weighted by Crippen LogP contribution is 2.26. The number of halogens is 1. The van der Waals surface area contributed by atoms with E-state index in [1.165, 1.54) is 6.07 Å². The summed E-state index contributed by atoms with van der Waals surface area (Å²) in [6, 6.07) is 5.06. The molecule has 0 aliphatic carbocycles. The van der Waals surface area contributed by atoms with Gasteiger partial charge in [0.05, 0.1) is 5.69 Å². The van der Waals surface area contributed by atoms with E-state index in [-0.39, 0.29) is 5.82 Å². The summed E-state index contributed by atoms with van der Waals surface area (Å²) in [4.78, 5) is 4.54. The molecule has 0 saturated carbocycles. The van der Waals surface area contributed by atoms with Gasteiger partial charge in [0.15, 0.2) is 0 Å². The third-order valence-electron chi connectivity index (χ3n) is 2.36. The molecule has 0 spiro atoms. The van der Waals surface area contributed by atoms with Crippen LogP contribution >= 0.6 is 20.6 Å². The van der Waals surface area contributed by atoms with Gasteiger partial charge in [0, 0.05) is 16.2 Å². The molecule has 0 bridgehead atoms. The summed E-state index contributed by atoms with van der Waals surface area (Å²) < 4.78 is 13.1. The summed E-state index contributed by atoms with van der Waals surface area (Å²) >= 11 is 1.60. The first kappa shape index (κ1) is 11.7. The van der Waals surface area contributed by atoms with Crippen molar-refractivity contribution < 1.29 is 4.39 Å². The van der Waals surface area contributed by atoms with Gasteiger partial charge in [-0.1, -0.05) is 13.8 Å². The van der Waals surface area contributed by atoms with Gasteiger partial charge < -0.3 is 0 Å². The van der Waals surface area contributed by atoms with Crippen LogP contribution in [0.5, 0.6) is 0 Å². The molecule has 0 aliphatic heterocycles. The Labute approximate surface area is 101 Å². The molecule has 1 nitrogen and oxygen atoms in total. The molecule has 0 N–H and O–H groups in total. The molecule has 84 valence electrons. The van der Waals surface area contributed by atoms with Gasteiger partial charge in [-0.25, -0.2) is 9.37 Å². The first-order valence-corrected chi connectivity index (χ1v) is 6.54. The molecule has 1 aromatic carbocycles. The van der Waals surface area contributed by atoms with Crippen LogP contribution in [0.4, 0.5) is 4.39 Å². The first-order valence-electron chi connectivity index (χ1n) is 5.08. The second-order valence-corrected chi connectivity index (χ2v) is 5.45. The largest absolute Gasteiger partial charge is 0.241 e. The van der Waals surface area contributed by atoms with Gasteiger partial charge in [-0.2, -0.15) is 0 Å². The number of thiazole rings is 1. The van der Waals surface area contributed by atoms with E-state index in [1.807, 2.05) is 6.07 Å². The number of aromatic nitrogens is 1. The van der Waals surface area contributed by atoms with Crippen LogP contribution in [-0.2, 0) is 0 Å². The van der Waals surface area contributed by atoms with Crippen molar-refractivity contribution in [2.75, 3.05) is 0 Å². The highest BCUT2D eigenvalue weighted by atomic mass is 32.1. The number of rotatable bonds is 2. The van der Waals surface area contributed by atoms with E-state index in [0.29, 0.717) is 11.2 Å². The highest BCUT2D eigenvalue weighted by molar-refractivity contribution is 7.27. The molecule has 1 aromatic heterocycles. The predicted molar refractivity (Wildman–Crippen MR) is 70.9 cm³/mol. The maximum Gasteiger partial charge on any atom is 0.130 e. The lowest BCUT2D eigenvalue weighted by molar-refractivity contribution is 0.637. The summed E-state index contributed by atoms with van der Waals surface area (Å²) in [7, 11) is 2.40. The van der Waals surface area contributed by atoms with Crippen LogP contribution < -0.4 is 5.30 Å². The third kappa shape index (κ3) is 2.31. The maximum absolute atomic E-state index is 13.1. The molecular weight excluding hydrogens is 240 g/mol. The Hall–Kier alpha value is -0.790. The van der Waals surface area contributed by atoms with Crippen molar-refractivity contribution >= 4 is 25.9 Å². The van der Waals surface area contributed by atoms with Crippen molar-refractivity contribution in [1.82, 2.24) is 4.98 Å². The summed E-state index contributed by atoms with van der Waals surface area (Å²) in [5, 5.41) is 3.59. The second kappa shape index (κ2) is 4.60. The summed E-state index contributed by atoms with van der Waals surface area (Å²) in [6.07, 6.45) is 0. The van der Waals surface area contributed by atoms with Crippen molar-refractivity contribution in [3.05, 3.63) is 35.1 Å². The number of benzene rings is 1. The number of hydrogen-bond donors (Lipinski definition) is 0. The Bertz CT molecular complexity index is 507. The van der Waals surface area contributed by atoms with Crippen LogP contribution in [0.15, 0.2) is 23.6 Å². The van der Waals surface area contributed by atoms with E-state index in [1.54, 1.807) is 17.4 Å². The van der Waals surface area contributed by atoms with Crippen molar-refractivity contribution in [3.8, 4) is 10.6 Å². The molecule has 0 fully saturated rings. The Kier molecular flexibility index (Phi) is 3.36. The summed E-state index contributed by atoms with van der Waals surface area (Å²) in [5.74, 6) is 0.232. The van der Waals surface area contributed by atoms with Crippen LogP contribution in [-0.4, -0.2) is 4.98 Å². The molecule has 1 heterocycles. The maximum atomic E-state index is 13.1. The van der Waals surface area contributed by atoms with E-state index in [4.69, 9.17) is 0 Å². The zero-order valence-corrected chi connectivity index (χ0v) is 11.2. The van der Waals surface area contributed by atoms with E-state index < -0.39 is 0 Å². The fraction of sp³-hybridized carbons (Fsp3) is 0.250. The van der Waals surface area contributed by atoms with Crippen LogP contribution in [0.1, 0.15) is 25.5 Å². The zero-order valence-electron chi connectivity index (χ0n) is 9.20. The Balaban J connectivity index is 2.39. The lowest BCUT2D eigenvalue weighted by Gasteiger charge is -2.00. The molecule has 0 aliphatic rings. The lowest BCUT2D eigenvalue weighted by Crippen LogP contribution is -1.97. The minimum Gasteiger partial charge on any atom is -0.241 e. The topological polar surface area (TPSA) is 12.9 Å². The minimum absolute atomic E-state index is 0.200. The predicted octanol–water partition coefficient (Wildman–Crippen LogP) is 3.57. The molecule has 0 saturated heterocycles. The van der Waals surface area contributed by atoms with Crippen molar-refractivity contribution in [3.63, 3.8) is 0 Å². The van der Waals surface area contributed by atoms with Gasteiger partial charge >= 0.3 is 0 Å². The van der Waals surface area contributed by atoms with E-state index >= 15 is 0 Å². The number of nitrogens with zero attached hydrogens (tertiary/aromatic N) is 1. The van der Waals surface area contributed by atoms with Crippen LogP contribution in [0.2, 0.25) is 0 Å². The van der Waals surface area contributed by atoms with Gasteiger partial charge in [0.1, 0.15) is 10.8 Å². The van der Waals surface area contributed by atoms with Gasteiger partial charge in [-0.05, 0) is 24.1 Å². The molecule has 16 heavy (non-hydrogen) atoms. The van der Waals surface area contributed by atoms with Crippen molar-refractivity contribution in [1.29, 1.82) is 0 Å². The van der Waals surface area contributed by atoms with E-state index in [9.17, 15) is 4.39 Å². The van der Waals surface area contributed by atoms with E-state index in [0.717, 1.165) is 16.3 Å². The van der Waals surface area contributed by atoms with Crippen LogP contribution in [0, 0.1) is 5.82 Å². The molecule has 2 aromatic rings. The fourth-order valence-corrected chi connectivity index (χ4v) is 2.61. The average molecular weight is 253 g/mol. The fourth-order valence-electron chi connectivity index (χ4n) is 1.36. The van der Waals surface area contributed by atoms with Crippen LogP contribution in [0.3, 0.4) is 0 Å². The molecule has 2 rings (SSSR count). The third-order valence-corrected chi connectivity index (χ3v) is 3.71. The van der Waals surface area contributed by atoms with Crippen molar-refractivity contribution in [2.24, 2.45) is 0 Å². The van der Waals surface area contributed by atoms with Gasteiger partial charge in [0.25, 0.3) is 0 Å². The smallest absolute Gasteiger partial charge is 0.130 e. The van der Waals surface area contributed by atoms with Gasteiger partial charge in [0.2, 0.25) is 0 Å². The SMILES string of the molecule is CC(C)c1csc(-c2ccc(F)c(P)c2)n1. The Morgan fingerprint density at radius 3 is 2.69 bits per heavy atom. The average Bonchev–Trinajstić information content (AvgIpc) is 2.71. The van der Waals surface area contributed by atoms with E-state index in [2.05, 4.69) is 33.5 Å². The van der Waals surface area contributed by atoms with Crippen molar-refractivity contribution in [2.45, 2.75) is 19.8 Å². The van der Waals surface area contributed by atoms with Gasteiger partial charge in [-0.15, -0.1) is 20.6 Å². The molecule has 1 unspecified atom stereocenters. The highest BCUT2D eigenvalue weighted by Gasteiger charge is 2.08. The zero-order chi connectivity index (χ0) is 11.7. The monoisotopic (exact) mass is 253 g/mol. The first-order chi connectivity index (χ1) is 7.58. The lowest BCUT2D eigenvalue weighted by atomic mass is 10.1. The van der Waals surface area contributed by atoms with Crippen LogP contribution in [0.25, 0.3) is 10.6 Å². The molecule has 0 radical (unpaired) electrons. The Morgan fingerprint density at radius 1 is 1.38 bits per heavy atom. The molecule has 0 amide bonds. The number of hydrogen-bond acceptors (Lipinski definition) is 2. The van der Waals surface area contributed by atoms with Gasteiger partial charge in [-0.3, -0.25) is 0 Å². The molecular formula is C12H13FNPS.